The lowest BCUT2D eigenvalue weighted by atomic mass is 9.89. The Bertz CT molecular complexity index is 524. The lowest BCUT2D eigenvalue weighted by molar-refractivity contribution is 0.00299. The molecule has 0 aliphatic heterocycles. The number of hydrogen-bond acceptors (Lipinski definition) is 4. The number of nitrogens with one attached hydrogen (secondary N) is 2. The summed E-state index contributed by atoms with van der Waals surface area (Å²) in [5.41, 5.74) is 0.830. The Morgan fingerprint density at radius 2 is 2.11 bits per heavy atom. The molecule has 1 aliphatic carbocycles. The molecule has 0 radical (unpaired) electrons. The molecule has 0 bridgehead atoms. The molecule has 0 atom stereocenters. The third-order valence-corrected chi connectivity index (χ3v) is 4.69. The maximum absolute atomic E-state index is 11.7. The molecule has 0 unspecified atom stereocenters. The minimum absolute atomic E-state index is 0.278. The molecule has 5 nitrogen and oxygen atoms in total. The Morgan fingerprint density at radius 1 is 1.37 bits per heavy atom. The van der Waals surface area contributed by atoms with E-state index in [0.29, 0.717) is 12.1 Å². The van der Waals surface area contributed by atoms with Crippen molar-refractivity contribution in [2.24, 2.45) is 0 Å². The molecule has 0 aromatic heterocycles. The quantitative estimate of drug-likeness (QED) is 0.832. The third kappa shape index (κ3) is 3.46. The second kappa shape index (κ2) is 5.90. The summed E-state index contributed by atoms with van der Waals surface area (Å²) in [7, 11) is -1.97. The maximum atomic E-state index is 11.7. The minimum Gasteiger partial charge on any atom is -0.382 e. The number of benzene rings is 1. The van der Waals surface area contributed by atoms with Crippen molar-refractivity contribution in [1.82, 2.24) is 4.72 Å². The number of anilines is 1. The lowest BCUT2D eigenvalue weighted by Crippen LogP contribution is -2.40. The van der Waals surface area contributed by atoms with Crippen LogP contribution in [-0.4, -0.2) is 34.2 Å². The van der Waals surface area contributed by atoms with Crippen LogP contribution in [0.1, 0.15) is 19.8 Å². The summed E-state index contributed by atoms with van der Waals surface area (Å²) >= 11 is 0. The summed E-state index contributed by atoms with van der Waals surface area (Å²) in [6.07, 6.45) is 2.28. The van der Waals surface area contributed by atoms with Crippen molar-refractivity contribution in [2.45, 2.75) is 36.8 Å². The highest BCUT2D eigenvalue weighted by Crippen LogP contribution is 2.27. The average molecular weight is 284 g/mol. The normalized spacial score (nSPS) is 22.8. The van der Waals surface area contributed by atoms with Gasteiger partial charge in [-0.05, 0) is 45.0 Å². The van der Waals surface area contributed by atoms with Crippen molar-refractivity contribution in [1.29, 1.82) is 0 Å². The topological polar surface area (TPSA) is 67.4 Å². The highest BCUT2D eigenvalue weighted by atomic mass is 32.2. The van der Waals surface area contributed by atoms with Crippen molar-refractivity contribution in [3.63, 3.8) is 0 Å². The zero-order valence-electron chi connectivity index (χ0n) is 11.2. The van der Waals surface area contributed by atoms with E-state index in [9.17, 15) is 8.42 Å². The molecule has 0 saturated heterocycles. The number of sulfonamides is 1. The molecule has 0 amide bonds. The summed E-state index contributed by atoms with van der Waals surface area (Å²) in [5, 5.41) is 3.33. The van der Waals surface area contributed by atoms with Gasteiger partial charge in [0.05, 0.1) is 11.0 Å². The zero-order chi connectivity index (χ0) is 13.9. The van der Waals surface area contributed by atoms with Crippen molar-refractivity contribution in [3.05, 3.63) is 24.3 Å². The van der Waals surface area contributed by atoms with Gasteiger partial charge in [-0.1, -0.05) is 6.07 Å². The first-order valence-corrected chi connectivity index (χ1v) is 7.95. The largest absolute Gasteiger partial charge is 0.382 e. The molecule has 19 heavy (non-hydrogen) atoms. The van der Waals surface area contributed by atoms with E-state index < -0.39 is 10.0 Å². The van der Waals surface area contributed by atoms with Crippen molar-refractivity contribution in [3.8, 4) is 0 Å². The Hall–Kier alpha value is -1.11. The van der Waals surface area contributed by atoms with E-state index in [2.05, 4.69) is 10.0 Å². The molecule has 6 heteroatoms. The predicted molar refractivity (Wildman–Crippen MR) is 74.7 cm³/mol. The Kier molecular flexibility index (Phi) is 4.44. The van der Waals surface area contributed by atoms with Gasteiger partial charge < -0.3 is 10.1 Å². The molecule has 2 N–H and O–H groups in total. The average Bonchev–Trinajstić information content (AvgIpc) is 2.37. The molecule has 0 spiro atoms. The summed E-state index contributed by atoms with van der Waals surface area (Å²) in [6, 6.07) is 7.22. The highest BCUT2D eigenvalue weighted by Gasteiger charge is 2.29. The van der Waals surface area contributed by atoms with Crippen molar-refractivity contribution < 1.29 is 13.2 Å². The van der Waals surface area contributed by atoms with Crippen LogP contribution in [0.25, 0.3) is 0 Å². The van der Waals surface area contributed by atoms with Gasteiger partial charge in [0.1, 0.15) is 0 Å². The first-order valence-electron chi connectivity index (χ1n) is 6.47. The van der Waals surface area contributed by atoms with E-state index in [1.807, 2.05) is 13.0 Å². The molecular formula is C13H20N2O3S. The van der Waals surface area contributed by atoms with E-state index in [1.54, 1.807) is 18.2 Å². The van der Waals surface area contributed by atoms with Crippen LogP contribution in [0.5, 0.6) is 0 Å². The van der Waals surface area contributed by atoms with E-state index in [0.717, 1.165) is 25.1 Å². The molecule has 1 saturated carbocycles. The molecule has 2 rings (SSSR count). The Morgan fingerprint density at radius 3 is 2.74 bits per heavy atom. The standard InChI is InChI=1S/C13H20N2O3S/c1-3-18-12-7-11(8-12)15-10-5-4-6-13(9-10)19(16,17)14-2/h4-6,9,11-12,14-15H,3,7-8H2,1-2H3. The second-order valence-corrected chi connectivity index (χ2v) is 6.51. The second-order valence-electron chi connectivity index (χ2n) is 4.63. The Labute approximate surface area is 114 Å². The van der Waals surface area contributed by atoms with Gasteiger partial charge in [0.15, 0.2) is 0 Å². The molecule has 1 fully saturated rings. The fraction of sp³-hybridized carbons (Fsp3) is 0.538. The van der Waals surface area contributed by atoms with Gasteiger partial charge in [-0.15, -0.1) is 0 Å². The van der Waals surface area contributed by atoms with Crippen LogP contribution in [0.3, 0.4) is 0 Å². The predicted octanol–water partition coefficient (Wildman–Crippen LogP) is 1.57. The van der Waals surface area contributed by atoms with Gasteiger partial charge in [-0.25, -0.2) is 13.1 Å². The minimum atomic E-state index is -3.38. The molecule has 1 aromatic carbocycles. The van der Waals surface area contributed by atoms with Gasteiger partial charge in [0, 0.05) is 18.3 Å². The van der Waals surface area contributed by atoms with E-state index in [1.165, 1.54) is 7.05 Å². The summed E-state index contributed by atoms with van der Waals surface area (Å²) < 4.78 is 31.2. The molecule has 1 aromatic rings. The van der Waals surface area contributed by atoms with Gasteiger partial charge in [0.2, 0.25) is 10.0 Å². The molecule has 1 aliphatic rings. The Balaban J connectivity index is 1.98. The van der Waals surface area contributed by atoms with Gasteiger partial charge in [-0.2, -0.15) is 0 Å². The summed E-state index contributed by atoms with van der Waals surface area (Å²) in [5.74, 6) is 0. The van der Waals surface area contributed by atoms with E-state index in [-0.39, 0.29) is 4.90 Å². The SMILES string of the molecule is CCOC1CC(Nc2cccc(S(=O)(=O)NC)c2)C1. The zero-order valence-corrected chi connectivity index (χ0v) is 12.0. The third-order valence-electron chi connectivity index (χ3n) is 3.28. The van der Waals surface area contributed by atoms with Crippen molar-refractivity contribution in [2.75, 3.05) is 19.0 Å². The lowest BCUT2D eigenvalue weighted by Gasteiger charge is -2.36. The van der Waals surface area contributed by atoms with Gasteiger partial charge >= 0.3 is 0 Å². The van der Waals surface area contributed by atoms with E-state index >= 15 is 0 Å². The first kappa shape index (κ1) is 14.3. The summed E-state index contributed by atoms with van der Waals surface area (Å²) in [6.45, 7) is 2.74. The summed E-state index contributed by atoms with van der Waals surface area (Å²) in [4.78, 5) is 0.278. The monoisotopic (exact) mass is 284 g/mol. The van der Waals surface area contributed by atoms with Crippen LogP contribution < -0.4 is 10.0 Å². The van der Waals surface area contributed by atoms with Crippen LogP contribution in [-0.2, 0) is 14.8 Å². The fourth-order valence-corrected chi connectivity index (χ4v) is 2.94. The molecule has 106 valence electrons. The molecule has 0 heterocycles. The van der Waals surface area contributed by atoms with Gasteiger partial charge in [-0.3, -0.25) is 0 Å². The maximum Gasteiger partial charge on any atom is 0.240 e. The number of rotatable bonds is 6. The van der Waals surface area contributed by atoms with E-state index in [4.69, 9.17) is 4.74 Å². The molecular weight excluding hydrogens is 264 g/mol. The van der Waals surface area contributed by atoms with Crippen LogP contribution in [0.2, 0.25) is 0 Å². The number of ether oxygens (including phenoxy) is 1. The smallest absolute Gasteiger partial charge is 0.240 e. The van der Waals surface area contributed by atoms with Crippen molar-refractivity contribution >= 4 is 15.7 Å². The van der Waals surface area contributed by atoms with Crippen LogP contribution in [0.15, 0.2) is 29.2 Å². The van der Waals surface area contributed by atoms with Crippen LogP contribution >= 0.6 is 0 Å². The van der Waals surface area contributed by atoms with Crippen LogP contribution in [0, 0.1) is 0 Å². The number of hydrogen-bond donors (Lipinski definition) is 2. The first-order chi connectivity index (χ1) is 9.05. The van der Waals surface area contributed by atoms with Gasteiger partial charge in [0.25, 0.3) is 0 Å². The van der Waals surface area contributed by atoms with Crippen LogP contribution in [0.4, 0.5) is 5.69 Å². The highest BCUT2D eigenvalue weighted by molar-refractivity contribution is 7.89. The fourth-order valence-electron chi connectivity index (χ4n) is 2.16.